The molecule has 1 saturated heterocycles. The van der Waals surface area contributed by atoms with Gasteiger partial charge in [0.05, 0.1) is 18.5 Å². The van der Waals surface area contributed by atoms with Gasteiger partial charge in [0.25, 0.3) is 0 Å². The van der Waals surface area contributed by atoms with Gasteiger partial charge in [0.15, 0.2) is 11.6 Å². The maximum Gasteiger partial charge on any atom is 0.163 e. The largest absolute Gasteiger partial charge is 0.515 e. The fourth-order valence-electron chi connectivity index (χ4n) is 8.86. The lowest BCUT2D eigenvalue weighted by atomic mass is 9.43. The topological polar surface area (TPSA) is 88.9 Å². The molecule has 0 amide bonds. The predicted octanol–water partition coefficient (Wildman–Crippen LogP) is 4.73. The van der Waals surface area contributed by atoms with Crippen LogP contribution < -0.4 is 0 Å². The van der Waals surface area contributed by atoms with Gasteiger partial charge >= 0.3 is 0 Å². The van der Waals surface area contributed by atoms with Crippen molar-refractivity contribution in [2.75, 3.05) is 0 Å². The number of aromatic nitrogens is 1. The first-order chi connectivity index (χ1) is 15.5. The number of allylic oxidation sites excluding steroid dienone is 1. The Morgan fingerprint density at radius 3 is 2.52 bits per heavy atom. The van der Waals surface area contributed by atoms with Crippen LogP contribution in [0.15, 0.2) is 23.4 Å². The van der Waals surface area contributed by atoms with Crippen LogP contribution in [0.2, 0.25) is 0 Å². The average Bonchev–Trinajstić information content (AvgIpc) is 3.46. The zero-order valence-electron chi connectivity index (χ0n) is 19.9. The van der Waals surface area contributed by atoms with Crippen LogP contribution in [-0.4, -0.2) is 39.0 Å². The predicted molar refractivity (Wildman–Crippen MR) is 123 cm³/mol. The van der Waals surface area contributed by atoms with Crippen LogP contribution in [-0.2, 0) is 19.9 Å². The van der Waals surface area contributed by atoms with E-state index < -0.39 is 11.4 Å². The average molecular weight is 474 g/mol. The molecule has 4 aliphatic carbocycles. The van der Waals surface area contributed by atoms with Crippen molar-refractivity contribution in [3.8, 4) is 0 Å². The molecular formula is C26H35NO5S. The van der Waals surface area contributed by atoms with Crippen molar-refractivity contribution in [3.63, 3.8) is 0 Å². The van der Waals surface area contributed by atoms with E-state index in [0.717, 1.165) is 30.5 Å². The van der Waals surface area contributed by atoms with Gasteiger partial charge in [0.2, 0.25) is 0 Å². The quantitative estimate of drug-likeness (QED) is 0.453. The van der Waals surface area contributed by atoms with E-state index in [1.807, 2.05) is 19.2 Å². The SMILES string of the molecule is CC1(C)O[C@H]2[C@H](O1)[C@H]1CC(=O)C(=CO)C[C@]1(C)[C@H]1CC[C@@]3(C)[C@@H](CC[C@@]3(O)c3nccs3)[C@H]21. The molecule has 33 heavy (non-hydrogen) atoms. The summed E-state index contributed by atoms with van der Waals surface area (Å²) in [5, 5.41) is 24.6. The monoisotopic (exact) mass is 473 g/mol. The van der Waals surface area contributed by atoms with Crippen molar-refractivity contribution in [2.24, 2.45) is 34.5 Å². The third-order valence-electron chi connectivity index (χ3n) is 10.4. The summed E-state index contributed by atoms with van der Waals surface area (Å²) in [5.74, 6) is 0.279. The highest BCUT2D eigenvalue weighted by atomic mass is 32.1. The molecule has 0 unspecified atom stereocenters. The third-order valence-corrected chi connectivity index (χ3v) is 11.3. The maximum absolute atomic E-state index is 12.8. The first kappa shape index (κ1) is 22.2. The van der Waals surface area contributed by atoms with Crippen molar-refractivity contribution < 1.29 is 24.5 Å². The Bertz CT molecular complexity index is 1010. The highest BCUT2D eigenvalue weighted by Gasteiger charge is 2.71. The minimum absolute atomic E-state index is 0.0325. The molecule has 180 valence electrons. The van der Waals surface area contributed by atoms with Crippen LogP contribution in [0.3, 0.4) is 0 Å². The first-order valence-corrected chi connectivity index (χ1v) is 13.3. The minimum atomic E-state index is -0.919. The summed E-state index contributed by atoms with van der Waals surface area (Å²) in [6.07, 6.45) is 7.12. The number of ether oxygens (including phenoxy) is 2. The molecule has 9 atom stereocenters. The molecule has 5 aliphatic rings. The molecule has 2 N–H and O–H groups in total. The first-order valence-electron chi connectivity index (χ1n) is 12.4. The zero-order chi connectivity index (χ0) is 23.4. The lowest BCUT2D eigenvalue weighted by Crippen LogP contribution is -2.64. The Morgan fingerprint density at radius 1 is 1.09 bits per heavy atom. The van der Waals surface area contributed by atoms with Crippen molar-refractivity contribution >= 4 is 17.1 Å². The van der Waals surface area contributed by atoms with E-state index in [0.29, 0.717) is 30.8 Å². The number of hydrogen-bond donors (Lipinski definition) is 2. The molecule has 0 radical (unpaired) electrons. The van der Waals surface area contributed by atoms with E-state index >= 15 is 0 Å². The van der Waals surface area contributed by atoms with Crippen LogP contribution in [0, 0.1) is 34.5 Å². The van der Waals surface area contributed by atoms with Crippen molar-refractivity contribution in [1.29, 1.82) is 0 Å². The molecule has 5 fully saturated rings. The molecule has 6 nitrogen and oxygen atoms in total. The lowest BCUT2D eigenvalue weighted by molar-refractivity contribution is -0.196. The number of carbonyl (C=O) groups is 1. The van der Waals surface area contributed by atoms with Gasteiger partial charge in [0.1, 0.15) is 10.6 Å². The van der Waals surface area contributed by atoms with E-state index in [4.69, 9.17) is 9.47 Å². The van der Waals surface area contributed by atoms with Crippen LogP contribution in [0.5, 0.6) is 0 Å². The minimum Gasteiger partial charge on any atom is -0.515 e. The summed E-state index contributed by atoms with van der Waals surface area (Å²) in [5.41, 5.74) is -0.808. The number of fused-ring (bicyclic) bond motifs is 8. The van der Waals surface area contributed by atoms with Gasteiger partial charge in [-0.05, 0) is 69.1 Å². The van der Waals surface area contributed by atoms with Gasteiger partial charge in [-0.3, -0.25) is 4.79 Å². The number of ketones is 1. The number of carbonyl (C=O) groups excluding carboxylic acids is 1. The summed E-state index contributed by atoms with van der Waals surface area (Å²) in [6, 6.07) is 0. The Labute approximate surface area is 199 Å². The van der Waals surface area contributed by atoms with Crippen molar-refractivity contribution in [1.82, 2.24) is 4.98 Å². The Kier molecular flexibility index (Phi) is 4.64. The number of aliphatic hydroxyl groups is 2. The molecule has 1 aromatic rings. The normalized spacial score (nSPS) is 51.7. The molecule has 1 aromatic heterocycles. The lowest BCUT2D eigenvalue weighted by Gasteiger charge is -2.63. The summed E-state index contributed by atoms with van der Waals surface area (Å²) >= 11 is 1.55. The highest BCUT2D eigenvalue weighted by molar-refractivity contribution is 7.09. The van der Waals surface area contributed by atoms with Crippen LogP contribution in [0.25, 0.3) is 0 Å². The van der Waals surface area contributed by atoms with Crippen molar-refractivity contribution in [3.05, 3.63) is 28.4 Å². The highest BCUT2D eigenvalue weighted by Crippen LogP contribution is 2.71. The van der Waals surface area contributed by atoms with Crippen molar-refractivity contribution in [2.45, 2.75) is 89.8 Å². The number of nitrogens with zero attached hydrogens (tertiary/aromatic N) is 1. The molecule has 6 rings (SSSR count). The summed E-state index contributed by atoms with van der Waals surface area (Å²) in [4.78, 5) is 17.4. The number of Topliss-reactive ketones (excluding diaryl/α,β-unsaturated/α-hetero) is 1. The summed E-state index contributed by atoms with van der Waals surface area (Å²) in [6.45, 7) is 8.52. The molecule has 0 spiro atoms. The van der Waals surface area contributed by atoms with Crippen LogP contribution in [0.4, 0.5) is 0 Å². The van der Waals surface area contributed by atoms with Crippen LogP contribution in [0.1, 0.15) is 71.2 Å². The molecular weight excluding hydrogens is 438 g/mol. The van der Waals surface area contributed by atoms with E-state index in [-0.39, 0.29) is 46.6 Å². The van der Waals surface area contributed by atoms with Gasteiger partial charge in [-0.2, -0.15) is 0 Å². The fraction of sp³-hybridized carbons (Fsp3) is 0.769. The van der Waals surface area contributed by atoms with Gasteiger partial charge in [0, 0.05) is 34.9 Å². The number of hydrogen-bond acceptors (Lipinski definition) is 7. The fourth-order valence-corrected chi connectivity index (χ4v) is 9.77. The third kappa shape index (κ3) is 2.77. The van der Waals surface area contributed by atoms with Gasteiger partial charge < -0.3 is 19.7 Å². The number of rotatable bonds is 1. The summed E-state index contributed by atoms with van der Waals surface area (Å²) in [7, 11) is 0. The van der Waals surface area contributed by atoms with E-state index in [1.165, 1.54) is 0 Å². The maximum atomic E-state index is 12.8. The van der Waals surface area contributed by atoms with Gasteiger partial charge in [-0.25, -0.2) is 4.98 Å². The molecule has 7 heteroatoms. The molecule has 0 bridgehead atoms. The van der Waals surface area contributed by atoms with Crippen LogP contribution >= 0.6 is 11.3 Å². The molecule has 4 saturated carbocycles. The van der Waals surface area contributed by atoms with E-state index in [2.05, 4.69) is 18.8 Å². The second-order valence-electron chi connectivity index (χ2n) is 12.1. The number of aliphatic hydroxyl groups excluding tert-OH is 1. The second kappa shape index (κ2) is 6.90. The molecule has 0 aromatic carbocycles. The molecule has 2 heterocycles. The van der Waals surface area contributed by atoms with E-state index in [1.54, 1.807) is 17.5 Å². The zero-order valence-corrected chi connectivity index (χ0v) is 20.7. The van der Waals surface area contributed by atoms with Gasteiger partial charge in [-0.15, -0.1) is 11.3 Å². The number of thiazole rings is 1. The van der Waals surface area contributed by atoms with Gasteiger partial charge in [-0.1, -0.05) is 13.8 Å². The standard InChI is InChI=1S/C26H35NO5S/c1-23(2)31-20-17-11-18(29)14(13-28)12-24(17,3)15-5-7-25(4)16(19(15)21(20)32-23)6-8-26(25,30)22-27-9-10-33-22/h9-10,13,15-17,19-21,28,30H,5-8,11-12H2,1-4H3/t15-,16-,17+,19+,20+,21+,24+,25-,26+/m0/s1. The Hall–Kier alpha value is -1.28. The second-order valence-corrected chi connectivity index (χ2v) is 13.0. The smallest absolute Gasteiger partial charge is 0.163 e. The van der Waals surface area contributed by atoms with E-state index in [9.17, 15) is 15.0 Å². The molecule has 1 aliphatic heterocycles. The summed E-state index contributed by atoms with van der Waals surface area (Å²) < 4.78 is 13.2. The Balaban J connectivity index is 1.45. The Morgan fingerprint density at radius 2 is 1.82 bits per heavy atom.